The van der Waals surface area contributed by atoms with E-state index in [1.165, 1.54) is 12.1 Å². The van der Waals surface area contributed by atoms with Crippen LogP contribution in [0.2, 0.25) is 5.02 Å². The van der Waals surface area contributed by atoms with Crippen molar-refractivity contribution in [1.82, 2.24) is 0 Å². The summed E-state index contributed by atoms with van der Waals surface area (Å²) in [6.07, 6.45) is 0.648. The van der Waals surface area contributed by atoms with E-state index in [9.17, 15) is 14.3 Å². The van der Waals surface area contributed by atoms with Gasteiger partial charge in [-0.15, -0.1) is 0 Å². The van der Waals surface area contributed by atoms with E-state index in [1.54, 1.807) is 6.07 Å². The summed E-state index contributed by atoms with van der Waals surface area (Å²) in [5.74, 6) is -2.04. The van der Waals surface area contributed by atoms with Crippen LogP contribution in [0.5, 0.6) is 0 Å². The molecule has 2 rings (SSSR count). The third kappa shape index (κ3) is 4.55. The summed E-state index contributed by atoms with van der Waals surface area (Å²) in [5.41, 5.74) is 1.55. The summed E-state index contributed by atoms with van der Waals surface area (Å²) in [5, 5.41) is 9.40. The lowest BCUT2D eigenvalue weighted by Gasteiger charge is -2.13. The molecule has 0 radical (unpaired) electrons. The van der Waals surface area contributed by atoms with Crippen LogP contribution >= 0.6 is 27.5 Å². The highest BCUT2D eigenvalue weighted by atomic mass is 79.9. The average Bonchev–Trinajstić information content (AvgIpc) is 2.42. The largest absolute Gasteiger partial charge is 0.481 e. The first-order chi connectivity index (χ1) is 9.95. The molecule has 0 amide bonds. The second-order valence-corrected chi connectivity index (χ2v) is 6.14. The fraction of sp³-hybridized carbons (Fsp3) is 0.188. The smallest absolute Gasteiger partial charge is 0.307 e. The zero-order valence-electron chi connectivity index (χ0n) is 11.0. The van der Waals surface area contributed by atoms with Crippen molar-refractivity contribution in [3.05, 3.63) is 68.9 Å². The van der Waals surface area contributed by atoms with Crippen LogP contribution < -0.4 is 0 Å². The topological polar surface area (TPSA) is 37.3 Å². The van der Waals surface area contributed by atoms with Gasteiger partial charge in [-0.05, 0) is 48.2 Å². The Morgan fingerprint density at radius 3 is 2.43 bits per heavy atom. The Morgan fingerprint density at radius 1 is 1.19 bits per heavy atom. The summed E-state index contributed by atoms with van der Waals surface area (Å²) in [7, 11) is 0. The van der Waals surface area contributed by atoms with Crippen LogP contribution in [0.25, 0.3) is 0 Å². The number of benzene rings is 2. The van der Waals surface area contributed by atoms with Crippen molar-refractivity contribution in [2.75, 3.05) is 0 Å². The zero-order valence-corrected chi connectivity index (χ0v) is 13.4. The molecule has 0 aliphatic rings. The van der Waals surface area contributed by atoms with Crippen molar-refractivity contribution < 1.29 is 14.3 Å². The van der Waals surface area contributed by atoms with Crippen molar-refractivity contribution in [3.8, 4) is 0 Å². The van der Waals surface area contributed by atoms with Gasteiger partial charge in [0.25, 0.3) is 0 Å². The first-order valence-corrected chi connectivity index (χ1v) is 7.54. The molecule has 2 aromatic carbocycles. The average molecular weight is 372 g/mol. The molecule has 0 spiro atoms. The highest BCUT2D eigenvalue weighted by molar-refractivity contribution is 9.10. The van der Waals surface area contributed by atoms with Gasteiger partial charge in [0, 0.05) is 4.47 Å². The molecule has 1 N–H and O–H groups in total. The van der Waals surface area contributed by atoms with Crippen molar-refractivity contribution in [2.45, 2.75) is 12.8 Å². The van der Waals surface area contributed by atoms with Crippen molar-refractivity contribution >= 4 is 33.5 Å². The molecule has 2 aromatic rings. The van der Waals surface area contributed by atoms with E-state index in [4.69, 9.17) is 11.6 Å². The number of hydrogen-bond acceptors (Lipinski definition) is 1. The minimum Gasteiger partial charge on any atom is -0.481 e. The molecule has 0 heterocycles. The molecule has 0 aliphatic carbocycles. The fourth-order valence-corrected chi connectivity index (χ4v) is 2.71. The van der Waals surface area contributed by atoms with Gasteiger partial charge in [0.05, 0.1) is 10.9 Å². The molecule has 21 heavy (non-hydrogen) atoms. The van der Waals surface area contributed by atoms with Crippen molar-refractivity contribution in [2.24, 2.45) is 5.92 Å². The molecule has 0 saturated heterocycles. The minimum atomic E-state index is -0.898. The van der Waals surface area contributed by atoms with E-state index in [-0.39, 0.29) is 11.4 Å². The number of carboxylic acids is 1. The monoisotopic (exact) mass is 370 g/mol. The minimum absolute atomic E-state index is 0.0395. The molecular weight excluding hydrogens is 359 g/mol. The van der Waals surface area contributed by atoms with Crippen LogP contribution in [0, 0.1) is 11.7 Å². The molecule has 1 atom stereocenters. The number of rotatable bonds is 5. The SMILES string of the molecule is O=C(O)C(Cc1cccc(Br)c1)Cc1ccc(Cl)c(F)c1. The summed E-state index contributed by atoms with van der Waals surface area (Å²) in [6, 6.07) is 11.9. The number of carbonyl (C=O) groups is 1. The number of hydrogen-bond donors (Lipinski definition) is 1. The third-order valence-corrected chi connectivity index (χ3v) is 3.99. The second kappa shape index (κ2) is 7.05. The first kappa shape index (κ1) is 16.0. The standard InChI is InChI=1S/C16H13BrClFO2/c17-13-3-1-2-10(8-13)6-12(16(20)21)7-11-4-5-14(18)15(19)9-11/h1-5,8-9,12H,6-7H2,(H,20,21). The normalized spacial score (nSPS) is 12.1. The molecule has 0 aromatic heterocycles. The maximum atomic E-state index is 13.4. The Kier molecular flexibility index (Phi) is 5.37. The highest BCUT2D eigenvalue weighted by Crippen LogP contribution is 2.21. The maximum Gasteiger partial charge on any atom is 0.307 e. The van der Waals surface area contributed by atoms with Gasteiger partial charge >= 0.3 is 5.97 Å². The summed E-state index contributed by atoms with van der Waals surface area (Å²) in [4.78, 5) is 11.4. The molecule has 0 fully saturated rings. The number of carboxylic acid groups (broad SMARTS) is 1. The third-order valence-electron chi connectivity index (χ3n) is 3.19. The summed E-state index contributed by atoms with van der Waals surface area (Å²) >= 11 is 8.99. The number of halogens is 3. The molecule has 5 heteroatoms. The fourth-order valence-electron chi connectivity index (χ4n) is 2.15. The van der Waals surface area contributed by atoms with Gasteiger partial charge in [-0.2, -0.15) is 0 Å². The second-order valence-electron chi connectivity index (χ2n) is 4.82. The van der Waals surface area contributed by atoms with Crippen LogP contribution in [0.4, 0.5) is 4.39 Å². The van der Waals surface area contributed by atoms with E-state index in [0.717, 1.165) is 10.0 Å². The lowest BCUT2D eigenvalue weighted by Crippen LogP contribution is -2.19. The molecule has 0 bridgehead atoms. The van der Waals surface area contributed by atoms with Gasteiger partial charge in [0.1, 0.15) is 5.82 Å². The zero-order chi connectivity index (χ0) is 15.4. The van der Waals surface area contributed by atoms with Crippen LogP contribution in [0.15, 0.2) is 46.9 Å². The van der Waals surface area contributed by atoms with Gasteiger partial charge in [0.15, 0.2) is 0 Å². The lowest BCUT2D eigenvalue weighted by molar-refractivity contribution is -0.141. The molecule has 2 nitrogen and oxygen atoms in total. The predicted octanol–water partition coefficient (Wildman–Crippen LogP) is 4.73. The van der Waals surface area contributed by atoms with Gasteiger partial charge < -0.3 is 5.11 Å². The molecular formula is C16H13BrClFO2. The van der Waals surface area contributed by atoms with Crippen LogP contribution in [-0.4, -0.2) is 11.1 Å². The Labute approximate surface area is 135 Å². The van der Waals surface area contributed by atoms with Gasteiger partial charge in [-0.25, -0.2) is 4.39 Å². The van der Waals surface area contributed by atoms with Crippen molar-refractivity contribution in [3.63, 3.8) is 0 Å². The van der Waals surface area contributed by atoms with E-state index in [0.29, 0.717) is 12.0 Å². The molecule has 110 valence electrons. The van der Waals surface area contributed by atoms with Gasteiger partial charge in [-0.1, -0.05) is 45.7 Å². The first-order valence-electron chi connectivity index (χ1n) is 6.37. The van der Waals surface area contributed by atoms with E-state index in [2.05, 4.69) is 15.9 Å². The van der Waals surface area contributed by atoms with E-state index < -0.39 is 17.7 Å². The molecule has 0 saturated carbocycles. The highest BCUT2D eigenvalue weighted by Gasteiger charge is 2.19. The Bertz CT molecular complexity index is 660. The quantitative estimate of drug-likeness (QED) is 0.825. The Balaban J connectivity index is 2.15. The van der Waals surface area contributed by atoms with Gasteiger partial charge in [0.2, 0.25) is 0 Å². The summed E-state index contributed by atoms with van der Waals surface area (Å²) in [6.45, 7) is 0. The maximum absolute atomic E-state index is 13.4. The predicted molar refractivity (Wildman–Crippen MR) is 84.1 cm³/mol. The van der Waals surface area contributed by atoms with Crippen LogP contribution in [-0.2, 0) is 17.6 Å². The molecule has 1 unspecified atom stereocenters. The Hall–Kier alpha value is -1.39. The summed E-state index contributed by atoms with van der Waals surface area (Å²) < 4.78 is 14.3. The van der Waals surface area contributed by atoms with E-state index in [1.807, 2.05) is 24.3 Å². The van der Waals surface area contributed by atoms with Gasteiger partial charge in [-0.3, -0.25) is 4.79 Å². The molecule has 0 aliphatic heterocycles. The number of aliphatic carboxylic acids is 1. The van der Waals surface area contributed by atoms with E-state index >= 15 is 0 Å². The lowest BCUT2D eigenvalue weighted by atomic mass is 9.92. The Morgan fingerprint density at radius 2 is 1.86 bits per heavy atom. The van der Waals surface area contributed by atoms with Crippen LogP contribution in [0.1, 0.15) is 11.1 Å². The van der Waals surface area contributed by atoms with Crippen molar-refractivity contribution in [1.29, 1.82) is 0 Å². The van der Waals surface area contributed by atoms with Crippen LogP contribution in [0.3, 0.4) is 0 Å².